The predicted octanol–water partition coefficient (Wildman–Crippen LogP) is 2.80. The number of aromatic hydroxyl groups is 1. The van der Waals surface area contributed by atoms with Crippen molar-refractivity contribution < 1.29 is 28.9 Å². The zero-order valence-electron chi connectivity index (χ0n) is 16.4. The highest BCUT2D eigenvalue weighted by atomic mass is 16.5. The van der Waals surface area contributed by atoms with Crippen LogP contribution in [0.2, 0.25) is 0 Å². The lowest BCUT2D eigenvalue weighted by Gasteiger charge is -2.05. The van der Waals surface area contributed by atoms with Crippen LogP contribution in [0.5, 0.6) is 11.5 Å². The highest BCUT2D eigenvalue weighted by molar-refractivity contribution is 5.93. The zero-order chi connectivity index (χ0) is 21.5. The van der Waals surface area contributed by atoms with Gasteiger partial charge in [0.1, 0.15) is 28.2 Å². The summed E-state index contributed by atoms with van der Waals surface area (Å²) in [4.78, 5) is 24.5. The topological polar surface area (TPSA) is 113 Å². The Morgan fingerprint density at radius 1 is 1.07 bits per heavy atom. The third-order valence-corrected chi connectivity index (χ3v) is 4.20. The third-order valence-electron chi connectivity index (χ3n) is 4.20. The number of phenolic OH excluding ortho intramolecular Hbond substituents is 1. The molecule has 0 bridgehead atoms. The van der Waals surface area contributed by atoms with Crippen molar-refractivity contribution in [2.75, 3.05) is 20.3 Å². The number of esters is 2. The number of carbonyl (C=O) groups excluding carboxylic acids is 2. The number of carbonyl (C=O) groups is 2. The molecule has 2 aromatic carbocycles. The quantitative estimate of drug-likeness (QED) is 0.325. The second-order valence-electron chi connectivity index (χ2n) is 6.26. The van der Waals surface area contributed by atoms with E-state index in [0.717, 1.165) is 6.08 Å². The standard InChI is InChI=1S/C21H21N3O6/c1-3-20(26)29-10-4-5-11-30-21(27)14-6-8-16-17(12-14)23-24(22-16)18-9-7-15(28-2)13-19(18)25/h3,6-9,12-13,25H,1,4-5,10-11H2,2H3. The van der Waals surface area contributed by atoms with Crippen molar-refractivity contribution in [1.29, 1.82) is 0 Å². The number of hydrogen-bond donors (Lipinski definition) is 1. The molecule has 0 spiro atoms. The second-order valence-corrected chi connectivity index (χ2v) is 6.26. The molecule has 3 aromatic rings. The maximum Gasteiger partial charge on any atom is 0.338 e. The Labute approximate surface area is 172 Å². The molecule has 3 rings (SSSR count). The van der Waals surface area contributed by atoms with Gasteiger partial charge in [0, 0.05) is 12.1 Å². The molecular formula is C21H21N3O6. The Hall–Kier alpha value is -3.88. The second kappa shape index (κ2) is 9.55. The van der Waals surface area contributed by atoms with Gasteiger partial charge in [-0.2, -0.15) is 0 Å². The number of rotatable bonds is 9. The van der Waals surface area contributed by atoms with Crippen molar-refractivity contribution in [3.63, 3.8) is 0 Å². The van der Waals surface area contributed by atoms with Crippen molar-refractivity contribution in [3.05, 3.63) is 54.6 Å². The highest BCUT2D eigenvalue weighted by Gasteiger charge is 2.13. The van der Waals surface area contributed by atoms with E-state index in [1.807, 2.05) is 0 Å². The summed E-state index contributed by atoms with van der Waals surface area (Å²) in [6.45, 7) is 3.76. The van der Waals surface area contributed by atoms with Crippen molar-refractivity contribution in [1.82, 2.24) is 15.0 Å². The largest absolute Gasteiger partial charge is 0.505 e. The first-order valence-corrected chi connectivity index (χ1v) is 9.22. The fourth-order valence-corrected chi connectivity index (χ4v) is 2.63. The van der Waals surface area contributed by atoms with E-state index >= 15 is 0 Å². The molecule has 0 saturated carbocycles. The average molecular weight is 411 g/mol. The molecule has 0 aliphatic rings. The minimum atomic E-state index is -0.484. The van der Waals surface area contributed by atoms with E-state index in [1.165, 1.54) is 18.0 Å². The number of benzene rings is 2. The summed E-state index contributed by atoms with van der Waals surface area (Å²) < 4.78 is 15.2. The Balaban J connectivity index is 1.62. The van der Waals surface area contributed by atoms with E-state index in [0.29, 0.717) is 40.9 Å². The van der Waals surface area contributed by atoms with Gasteiger partial charge in [0.05, 0.1) is 25.9 Å². The molecule has 1 N–H and O–H groups in total. The first kappa shape index (κ1) is 20.8. The number of aromatic nitrogens is 3. The van der Waals surface area contributed by atoms with E-state index in [4.69, 9.17) is 14.2 Å². The lowest BCUT2D eigenvalue weighted by Crippen LogP contribution is -2.08. The fraction of sp³-hybridized carbons (Fsp3) is 0.238. The minimum Gasteiger partial charge on any atom is -0.505 e. The molecule has 1 aromatic heterocycles. The number of unbranched alkanes of at least 4 members (excludes halogenated alkanes) is 1. The molecule has 0 aliphatic heterocycles. The van der Waals surface area contributed by atoms with Crippen molar-refractivity contribution >= 4 is 23.0 Å². The van der Waals surface area contributed by atoms with Crippen molar-refractivity contribution in [3.8, 4) is 17.2 Å². The van der Waals surface area contributed by atoms with E-state index < -0.39 is 11.9 Å². The smallest absolute Gasteiger partial charge is 0.338 e. The van der Waals surface area contributed by atoms with Crippen LogP contribution in [-0.4, -0.2) is 52.4 Å². The van der Waals surface area contributed by atoms with Crippen LogP contribution in [0.1, 0.15) is 23.2 Å². The van der Waals surface area contributed by atoms with Gasteiger partial charge >= 0.3 is 11.9 Å². The van der Waals surface area contributed by atoms with Crippen molar-refractivity contribution in [2.45, 2.75) is 12.8 Å². The Bertz CT molecular complexity index is 1080. The van der Waals surface area contributed by atoms with Gasteiger partial charge in [-0.05, 0) is 43.2 Å². The van der Waals surface area contributed by atoms with Crippen LogP contribution in [0.25, 0.3) is 16.7 Å². The molecule has 9 nitrogen and oxygen atoms in total. The first-order chi connectivity index (χ1) is 14.5. The molecule has 0 atom stereocenters. The predicted molar refractivity (Wildman–Crippen MR) is 108 cm³/mol. The van der Waals surface area contributed by atoms with Crippen LogP contribution in [-0.2, 0) is 14.3 Å². The molecule has 0 saturated heterocycles. The third kappa shape index (κ3) is 4.93. The van der Waals surface area contributed by atoms with Gasteiger partial charge in [0.2, 0.25) is 0 Å². The van der Waals surface area contributed by atoms with E-state index in [9.17, 15) is 14.7 Å². The van der Waals surface area contributed by atoms with E-state index in [2.05, 4.69) is 16.8 Å². The number of fused-ring (bicyclic) bond motifs is 1. The SMILES string of the molecule is C=CC(=O)OCCCCOC(=O)c1ccc2nn(-c3ccc(OC)cc3O)nc2c1. The van der Waals surface area contributed by atoms with Crippen molar-refractivity contribution in [2.24, 2.45) is 0 Å². The normalized spacial score (nSPS) is 10.6. The molecule has 1 heterocycles. The van der Waals surface area contributed by atoms with Gasteiger partial charge in [-0.1, -0.05) is 6.58 Å². The maximum absolute atomic E-state index is 12.2. The first-order valence-electron chi connectivity index (χ1n) is 9.22. The van der Waals surface area contributed by atoms with Gasteiger partial charge in [-0.15, -0.1) is 15.0 Å². The Kier molecular flexibility index (Phi) is 6.63. The highest BCUT2D eigenvalue weighted by Crippen LogP contribution is 2.26. The summed E-state index contributed by atoms with van der Waals surface area (Å²) in [5, 5.41) is 18.8. The summed E-state index contributed by atoms with van der Waals surface area (Å²) >= 11 is 0. The summed E-state index contributed by atoms with van der Waals surface area (Å²) in [6, 6.07) is 9.62. The van der Waals surface area contributed by atoms with Gasteiger partial charge in [-0.25, -0.2) is 9.59 Å². The summed E-state index contributed by atoms with van der Waals surface area (Å²) in [5.74, 6) is -0.483. The van der Waals surface area contributed by atoms with Gasteiger partial charge < -0.3 is 19.3 Å². The van der Waals surface area contributed by atoms with Crippen LogP contribution in [0.15, 0.2) is 49.1 Å². The molecular weight excluding hydrogens is 390 g/mol. The molecule has 0 radical (unpaired) electrons. The Morgan fingerprint density at radius 3 is 2.50 bits per heavy atom. The molecule has 0 aliphatic carbocycles. The van der Waals surface area contributed by atoms with E-state index in [-0.39, 0.29) is 19.0 Å². The summed E-state index contributed by atoms with van der Waals surface area (Å²) in [5.41, 5.74) is 1.77. The maximum atomic E-state index is 12.2. The van der Waals surface area contributed by atoms with Crippen LogP contribution in [0.4, 0.5) is 0 Å². The molecule has 30 heavy (non-hydrogen) atoms. The Morgan fingerprint density at radius 2 is 1.80 bits per heavy atom. The lowest BCUT2D eigenvalue weighted by molar-refractivity contribution is -0.137. The summed E-state index contributed by atoms with van der Waals surface area (Å²) in [7, 11) is 1.51. The zero-order valence-corrected chi connectivity index (χ0v) is 16.4. The molecule has 0 unspecified atom stereocenters. The van der Waals surface area contributed by atoms with Gasteiger partial charge in [-0.3, -0.25) is 0 Å². The average Bonchev–Trinajstić information content (AvgIpc) is 3.18. The minimum absolute atomic E-state index is 0.0342. The van der Waals surface area contributed by atoms with Gasteiger partial charge in [0.25, 0.3) is 0 Å². The molecule has 0 fully saturated rings. The fourth-order valence-electron chi connectivity index (χ4n) is 2.63. The number of phenols is 1. The molecule has 9 heteroatoms. The number of hydrogen-bond acceptors (Lipinski definition) is 8. The number of methoxy groups -OCH3 is 1. The molecule has 156 valence electrons. The lowest BCUT2D eigenvalue weighted by atomic mass is 10.2. The van der Waals surface area contributed by atoms with Crippen LogP contribution >= 0.6 is 0 Å². The van der Waals surface area contributed by atoms with Crippen LogP contribution in [0, 0.1) is 0 Å². The van der Waals surface area contributed by atoms with Crippen LogP contribution < -0.4 is 4.74 Å². The summed E-state index contributed by atoms with van der Waals surface area (Å²) in [6.07, 6.45) is 2.24. The van der Waals surface area contributed by atoms with E-state index in [1.54, 1.807) is 30.3 Å². The van der Waals surface area contributed by atoms with Crippen LogP contribution in [0.3, 0.4) is 0 Å². The number of ether oxygens (including phenoxy) is 3. The molecule has 0 amide bonds. The van der Waals surface area contributed by atoms with Gasteiger partial charge in [0.15, 0.2) is 0 Å². The monoisotopic (exact) mass is 411 g/mol. The number of nitrogens with zero attached hydrogens (tertiary/aromatic N) is 3.